The number of aromatic nitrogens is 1. The van der Waals surface area contributed by atoms with Gasteiger partial charge in [0.15, 0.2) is 0 Å². The molecule has 356 valence electrons. The van der Waals surface area contributed by atoms with Crippen molar-refractivity contribution in [2.75, 3.05) is 4.81 Å². The Kier molecular flexibility index (Phi) is 8.19. The fourth-order valence-electron chi connectivity index (χ4n) is 15.6. The van der Waals surface area contributed by atoms with Crippen molar-refractivity contribution in [3.8, 4) is 39.1 Å². The third kappa shape index (κ3) is 5.41. The summed E-state index contributed by atoms with van der Waals surface area (Å²) in [5.74, 6) is 0. The van der Waals surface area contributed by atoms with Gasteiger partial charge >= 0.3 is 6.85 Å². The van der Waals surface area contributed by atoms with Crippen LogP contribution in [-0.4, -0.2) is 11.4 Å². The number of anilines is 2. The fourth-order valence-corrected chi connectivity index (χ4v) is 15.6. The smallest absolute Gasteiger partial charge is 0.333 e. The Labute approximate surface area is 424 Å². The first-order chi connectivity index (χ1) is 33.3. The number of hydrogen-bond donors (Lipinski definition) is 0. The van der Waals surface area contributed by atoms with Crippen LogP contribution >= 0.6 is 0 Å². The van der Waals surface area contributed by atoms with E-state index in [0.29, 0.717) is 0 Å². The highest BCUT2D eigenvalue weighted by molar-refractivity contribution is 6.94. The minimum absolute atomic E-state index is 0.0361. The summed E-state index contributed by atoms with van der Waals surface area (Å²) in [6, 6.07) is 44.7. The van der Waals surface area contributed by atoms with E-state index in [2.05, 4.69) is 222 Å². The van der Waals surface area contributed by atoms with E-state index in [-0.39, 0.29) is 44.8 Å². The largest absolute Gasteiger partial charge is 0.376 e. The molecule has 2 nitrogen and oxygen atoms in total. The minimum atomic E-state index is -0.250. The Balaban J connectivity index is 1.25. The predicted molar refractivity (Wildman–Crippen MR) is 304 cm³/mol. The van der Waals surface area contributed by atoms with Gasteiger partial charge in [-0.2, -0.15) is 0 Å². The molecule has 2 aliphatic heterocycles. The van der Waals surface area contributed by atoms with Gasteiger partial charge in [-0.05, 0) is 184 Å². The van der Waals surface area contributed by atoms with Crippen molar-refractivity contribution in [2.24, 2.45) is 0 Å². The average molecular weight is 927 g/mol. The number of rotatable bonds is 1. The van der Waals surface area contributed by atoms with Gasteiger partial charge in [-0.1, -0.05) is 171 Å². The first kappa shape index (κ1) is 43.9. The normalized spacial score (nSPS) is 20.2. The zero-order valence-corrected chi connectivity index (χ0v) is 45.2. The summed E-state index contributed by atoms with van der Waals surface area (Å²) >= 11 is 0. The van der Waals surface area contributed by atoms with E-state index < -0.39 is 0 Å². The van der Waals surface area contributed by atoms with Gasteiger partial charge in [-0.3, -0.25) is 0 Å². The van der Waals surface area contributed by atoms with Crippen LogP contribution in [0.15, 0.2) is 109 Å². The van der Waals surface area contributed by atoms with E-state index in [9.17, 15) is 0 Å². The third-order valence-corrected chi connectivity index (χ3v) is 20.0. The van der Waals surface area contributed by atoms with Gasteiger partial charge in [-0.15, -0.1) is 0 Å². The van der Waals surface area contributed by atoms with Crippen LogP contribution in [0.4, 0.5) is 11.4 Å². The second-order valence-electron chi connectivity index (χ2n) is 27.8. The highest BCUT2D eigenvalue weighted by atomic mass is 15.1. The van der Waals surface area contributed by atoms with E-state index >= 15 is 0 Å². The van der Waals surface area contributed by atoms with Crippen molar-refractivity contribution in [3.63, 3.8) is 0 Å². The first-order valence-electron chi connectivity index (χ1n) is 27.1. The molecule has 8 aromatic rings. The van der Waals surface area contributed by atoms with Gasteiger partial charge in [0.2, 0.25) is 0 Å². The molecule has 0 fully saturated rings. The highest BCUT2D eigenvalue weighted by Gasteiger charge is 2.53. The number of hydrogen-bond acceptors (Lipinski definition) is 1. The summed E-state index contributed by atoms with van der Waals surface area (Å²) < 4.78 is 2.82. The number of benzene rings is 7. The molecule has 0 N–H and O–H groups in total. The van der Waals surface area contributed by atoms with Crippen molar-refractivity contribution >= 4 is 51.0 Å². The van der Waals surface area contributed by atoms with E-state index in [1.165, 1.54) is 159 Å². The quantitative estimate of drug-likeness (QED) is 0.149. The fraction of sp³-hybridized carbons (Fsp3) is 0.382. The monoisotopic (exact) mass is 927 g/mol. The van der Waals surface area contributed by atoms with Crippen LogP contribution in [0.1, 0.15) is 180 Å². The summed E-state index contributed by atoms with van der Waals surface area (Å²) in [5, 5.41) is 2.85. The van der Waals surface area contributed by atoms with Crippen molar-refractivity contribution in [1.29, 1.82) is 0 Å². The van der Waals surface area contributed by atoms with Crippen molar-refractivity contribution < 1.29 is 0 Å². The number of fused-ring (bicyclic) bond motifs is 18. The molecule has 0 saturated carbocycles. The van der Waals surface area contributed by atoms with E-state index in [0.717, 1.165) is 0 Å². The predicted octanol–water partition coefficient (Wildman–Crippen LogP) is 16.6. The van der Waals surface area contributed by atoms with Crippen LogP contribution in [0.3, 0.4) is 0 Å². The summed E-state index contributed by atoms with van der Waals surface area (Å²) in [5.41, 5.74) is 31.2. The van der Waals surface area contributed by atoms with E-state index in [4.69, 9.17) is 0 Å². The Hall–Kier alpha value is -5.80. The highest BCUT2D eigenvalue weighted by Crippen LogP contribution is 2.62. The molecule has 0 bridgehead atoms. The standard InChI is InChI=1S/C68H71BN2/c1-62(2,3)38-24-26-39(27-25-38)71-54-37-51-49(64(6,7)29-31-66(51,10)11)33-44(54)58-59-56(41-21-17-19-23-46(41)68(59,14)15)57-43-32-48-50(65(8,9)30-28-63(48,4)5)36-53(43)70-55-35-47-42(34-52(55)69(71)60(58)61(57)70)40-20-16-18-22-45(40)67(47,12)13/h16-27,32-37H,28-31H2,1-15H3. The molecule has 0 unspecified atom stereocenters. The average Bonchev–Trinajstić information content (AvgIpc) is 3.87. The second-order valence-corrected chi connectivity index (χ2v) is 27.8. The lowest BCUT2D eigenvalue weighted by molar-refractivity contribution is 0.332. The lowest BCUT2D eigenvalue weighted by atomic mass is 9.42. The third-order valence-electron chi connectivity index (χ3n) is 20.0. The first-order valence-corrected chi connectivity index (χ1v) is 27.1. The molecular formula is C68H71BN2. The van der Waals surface area contributed by atoms with Gasteiger partial charge < -0.3 is 9.38 Å². The molecule has 0 atom stereocenters. The van der Waals surface area contributed by atoms with Crippen LogP contribution in [0.5, 0.6) is 0 Å². The lowest BCUT2D eigenvalue weighted by Crippen LogP contribution is -2.61. The maximum Gasteiger partial charge on any atom is 0.333 e. The molecule has 1 aromatic heterocycles. The van der Waals surface area contributed by atoms with Crippen molar-refractivity contribution in [2.45, 2.75) is 167 Å². The van der Waals surface area contributed by atoms with Crippen LogP contribution in [0.25, 0.3) is 60.9 Å². The molecule has 0 amide bonds. The molecule has 3 heterocycles. The van der Waals surface area contributed by atoms with Crippen molar-refractivity contribution in [3.05, 3.63) is 159 Å². The van der Waals surface area contributed by atoms with Crippen LogP contribution < -0.4 is 15.7 Å². The zero-order chi connectivity index (χ0) is 49.6. The molecule has 14 rings (SSSR count). The van der Waals surface area contributed by atoms with Crippen LogP contribution in [0.2, 0.25) is 0 Å². The molecular weight excluding hydrogens is 856 g/mol. The summed E-state index contributed by atoms with van der Waals surface area (Å²) in [6.07, 6.45) is 4.72. The van der Waals surface area contributed by atoms with Crippen LogP contribution in [0, 0.1) is 0 Å². The van der Waals surface area contributed by atoms with E-state index in [1.54, 1.807) is 0 Å². The Bertz CT molecular complexity index is 3740. The Morgan fingerprint density at radius 3 is 1.62 bits per heavy atom. The topological polar surface area (TPSA) is 8.17 Å². The maximum absolute atomic E-state index is 2.83. The molecule has 0 radical (unpaired) electrons. The van der Waals surface area contributed by atoms with Crippen molar-refractivity contribution in [1.82, 2.24) is 4.57 Å². The summed E-state index contributed by atoms with van der Waals surface area (Å²) in [7, 11) is 0. The zero-order valence-electron chi connectivity index (χ0n) is 45.2. The van der Waals surface area contributed by atoms with Gasteiger partial charge in [0, 0.05) is 44.2 Å². The second kappa shape index (κ2) is 13.2. The minimum Gasteiger partial charge on any atom is -0.376 e. The molecule has 4 aliphatic carbocycles. The van der Waals surface area contributed by atoms with Gasteiger partial charge in [0.1, 0.15) is 0 Å². The summed E-state index contributed by atoms with van der Waals surface area (Å²) in [4.78, 5) is 2.83. The molecule has 71 heavy (non-hydrogen) atoms. The Morgan fingerprint density at radius 1 is 0.465 bits per heavy atom. The molecule has 0 spiro atoms. The molecule has 6 aliphatic rings. The summed E-state index contributed by atoms with van der Waals surface area (Å²) in [6.45, 7) is 37.0. The van der Waals surface area contributed by atoms with Gasteiger partial charge in [-0.25, -0.2) is 0 Å². The van der Waals surface area contributed by atoms with Gasteiger partial charge in [0.25, 0.3) is 0 Å². The molecule has 0 saturated heterocycles. The molecule has 7 aromatic carbocycles. The maximum atomic E-state index is 2.83. The number of nitrogens with zero attached hydrogens (tertiary/aromatic N) is 2. The SMILES string of the molecule is CC(C)(C)c1ccc(N2B3c4cc5c(cc4-n4c6cc7c(cc6c6c8c(c(c3c64)-c3cc4c(cc32)C(C)(C)CCC4(C)C)C(C)(C)c2ccccc2-8)C(C)(C)CCC7(C)C)C(C)(C)c2ccccc2-5)cc1. The Morgan fingerprint density at radius 2 is 1.00 bits per heavy atom. The molecule has 3 heteroatoms. The van der Waals surface area contributed by atoms with Crippen LogP contribution in [-0.2, 0) is 37.9 Å². The van der Waals surface area contributed by atoms with Gasteiger partial charge in [0.05, 0.1) is 11.0 Å². The van der Waals surface area contributed by atoms with E-state index in [1.807, 2.05) is 0 Å². The lowest BCUT2D eigenvalue weighted by Gasteiger charge is -2.47.